The molecule has 1 fully saturated rings. The van der Waals surface area contributed by atoms with Crippen molar-refractivity contribution in [1.29, 1.82) is 0 Å². The number of unbranched alkanes of at least 4 members (excludes halogenated alkanes) is 1. The van der Waals surface area contributed by atoms with Crippen LogP contribution in [0.1, 0.15) is 57.1 Å². The summed E-state index contributed by atoms with van der Waals surface area (Å²) in [4.78, 5) is 23.0. The Labute approximate surface area is 187 Å². The van der Waals surface area contributed by atoms with Gasteiger partial charge in [-0.05, 0) is 49.1 Å². The van der Waals surface area contributed by atoms with Gasteiger partial charge < -0.3 is 20.8 Å². The quantitative estimate of drug-likeness (QED) is 0.300. The molecule has 172 valence electrons. The van der Waals surface area contributed by atoms with E-state index in [4.69, 9.17) is 10.1 Å². The molecule has 3 aromatic rings. The van der Waals surface area contributed by atoms with Crippen LogP contribution in [0.3, 0.4) is 0 Å². The first-order valence-electron chi connectivity index (χ1n) is 11.7. The molecule has 1 aliphatic rings. The van der Waals surface area contributed by atoms with Gasteiger partial charge in [0, 0.05) is 42.6 Å². The molecule has 1 aromatic carbocycles. The molecule has 0 bridgehead atoms. The molecule has 0 atom stereocenters. The molecular formula is C24H33N5O3. The van der Waals surface area contributed by atoms with Crippen molar-refractivity contribution in [2.24, 2.45) is 0 Å². The van der Waals surface area contributed by atoms with Crippen LogP contribution >= 0.6 is 0 Å². The molecule has 2 heterocycles. The topological polar surface area (TPSA) is 112 Å². The highest BCUT2D eigenvalue weighted by atomic mass is 16.3. The number of rotatable bonds is 9. The summed E-state index contributed by atoms with van der Waals surface area (Å²) < 4.78 is 1.83. The summed E-state index contributed by atoms with van der Waals surface area (Å²) in [6.45, 7) is 4.09. The fraction of sp³-hybridized carbons (Fsp3) is 0.542. The normalized spacial score (nSPS) is 19.0. The zero-order valence-electron chi connectivity index (χ0n) is 18.7. The highest BCUT2D eigenvalue weighted by Gasteiger charge is 2.25. The smallest absolute Gasteiger partial charge is 0.260 e. The molecule has 2 aromatic heterocycles. The zero-order valence-corrected chi connectivity index (χ0v) is 18.7. The maximum Gasteiger partial charge on any atom is 0.260 e. The Bertz CT molecular complexity index is 1120. The van der Waals surface area contributed by atoms with Gasteiger partial charge in [-0.25, -0.2) is 4.98 Å². The first kappa shape index (κ1) is 22.6. The van der Waals surface area contributed by atoms with Crippen LogP contribution in [0.15, 0.2) is 29.2 Å². The largest absolute Gasteiger partial charge is 0.395 e. The van der Waals surface area contributed by atoms with Gasteiger partial charge in [0.05, 0.1) is 12.7 Å². The van der Waals surface area contributed by atoms with E-state index in [2.05, 4.69) is 22.5 Å². The Morgan fingerprint density at radius 2 is 1.94 bits per heavy atom. The fourth-order valence-corrected chi connectivity index (χ4v) is 4.51. The molecule has 4 N–H and O–H groups in total. The van der Waals surface area contributed by atoms with Crippen molar-refractivity contribution in [3.63, 3.8) is 0 Å². The maximum atomic E-state index is 13.7. The predicted molar refractivity (Wildman–Crippen MR) is 127 cm³/mol. The summed E-state index contributed by atoms with van der Waals surface area (Å²) in [5.74, 6) is 0.541. The van der Waals surface area contributed by atoms with Gasteiger partial charge in [-0.15, -0.1) is 0 Å². The molecule has 0 spiro atoms. The lowest BCUT2D eigenvalue weighted by Gasteiger charge is -2.28. The van der Waals surface area contributed by atoms with Crippen molar-refractivity contribution in [2.45, 2.75) is 64.1 Å². The van der Waals surface area contributed by atoms with Gasteiger partial charge in [-0.1, -0.05) is 25.5 Å². The van der Waals surface area contributed by atoms with Crippen LogP contribution in [0, 0.1) is 0 Å². The molecule has 0 radical (unpaired) electrons. The average molecular weight is 440 g/mol. The van der Waals surface area contributed by atoms with Crippen LogP contribution < -0.4 is 16.2 Å². The Kier molecular flexibility index (Phi) is 7.34. The molecule has 1 aliphatic carbocycles. The first-order chi connectivity index (χ1) is 15.6. The van der Waals surface area contributed by atoms with E-state index < -0.39 is 0 Å². The number of hydrogen-bond acceptors (Lipinski definition) is 7. The highest BCUT2D eigenvalue weighted by molar-refractivity contribution is 6.04. The van der Waals surface area contributed by atoms with Crippen LogP contribution in [-0.2, 0) is 6.54 Å². The van der Waals surface area contributed by atoms with Crippen molar-refractivity contribution in [1.82, 2.24) is 19.9 Å². The molecule has 4 rings (SSSR count). The minimum Gasteiger partial charge on any atom is -0.395 e. The Morgan fingerprint density at radius 3 is 2.69 bits per heavy atom. The number of nitrogens with zero attached hydrogens (tertiary/aromatic N) is 3. The Balaban J connectivity index is 1.84. The van der Waals surface area contributed by atoms with Gasteiger partial charge in [0.1, 0.15) is 5.65 Å². The number of aliphatic hydroxyl groups excluding tert-OH is 2. The van der Waals surface area contributed by atoms with E-state index >= 15 is 0 Å². The fourth-order valence-electron chi connectivity index (χ4n) is 4.51. The number of benzene rings is 1. The van der Waals surface area contributed by atoms with Gasteiger partial charge in [0.25, 0.3) is 5.56 Å². The SMILES string of the molecule is CCCCNc1ncc2c3ccc(CNCCO)cc3c(=O)n([C@H]3CC[C@H](O)CC3)c2n1. The number of aliphatic hydroxyl groups is 2. The lowest BCUT2D eigenvalue weighted by atomic mass is 9.92. The van der Waals surface area contributed by atoms with E-state index in [1.54, 1.807) is 0 Å². The maximum absolute atomic E-state index is 13.7. The van der Waals surface area contributed by atoms with Crippen molar-refractivity contribution in [3.05, 3.63) is 40.3 Å². The molecule has 0 aliphatic heterocycles. The summed E-state index contributed by atoms with van der Waals surface area (Å²) in [7, 11) is 0. The predicted octanol–water partition coefficient (Wildman–Crippen LogP) is 2.71. The third-order valence-corrected chi connectivity index (χ3v) is 6.28. The van der Waals surface area contributed by atoms with Crippen LogP contribution in [0.25, 0.3) is 21.8 Å². The highest BCUT2D eigenvalue weighted by Crippen LogP contribution is 2.32. The van der Waals surface area contributed by atoms with Crippen LogP contribution in [0.2, 0.25) is 0 Å². The van der Waals surface area contributed by atoms with E-state index in [1.165, 1.54) is 0 Å². The first-order valence-corrected chi connectivity index (χ1v) is 11.7. The second-order valence-electron chi connectivity index (χ2n) is 8.63. The average Bonchev–Trinajstić information content (AvgIpc) is 2.81. The lowest BCUT2D eigenvalue weighted by Crippen LogP contribution is -2.30. The van der Waals surface area contributed by atoms with E-state index in [9.17, 15) is 9.90 Å². The Morgan fingerprint density at radius 1 is 1.12 bits per heavy atom. The Hall–Kier alpha value is -2.55. The van der Waals surface area contributed by atoms with Crippen molar-refractivity contribution >= 4 is 27.8 Å². The molecular weight excluding hydrogens is 406 g/mol. The molecule has 0 saturated heterocycles. The van der Waals surface area contributed by atoms with Crippen molar-refractivity contribution < 1.29 is 10.2 Å². The summed E-state index contributed by atoms with van der Waals surface area (Å²) in [5, 5.41) is 27.8. The van der Waals surface area contributed by atoms with Crippen molar-refractivity contribution in [3.8, 4) is 0 Å². The van der Waals surface area contributed by atoms with Gasteiger partial charge in [0.2, 0.25) is 5.95 Å². The third-order valence-electron chi connectivity index (χ3n) is 6.28. The number of aromatic nitrogens is 3. The summed E-state index contributed by atoms with van der Waals surface area (Å²) in [6, 6.07) is 5.91. The van der Waals surface area contributed by atoms with Gasteiger partial charge in [-0.3, -0.25) is 9.36 Å². The van der Waals surface area contributed by atoms with E-state index in [0.717, 1.165) is 48.6 Å². The number of pyridine rings is 1. The number of nitrogens with one attached hydrogen (secondary N) is 2. The van der Waals surface area contributed by atoms with E-state index in [0.29, 0.717) is 42.9 Å². The number of anilines is 1. The minimum absolute atomic E-state index is 0.00682. The standard InChI is InChI=1S/C24H33N5O3/c1-2-3-10-26-24-27-15-21-19-9-4-16(14-25-11-12-30)13-20(19)23(32)29(22(21)28-24)17-5-7-18(31)8-6-17/h4,9,13,15,17-18,25,30-31H,2-3,5-8,10-12,14H2,1H3,(H,26,27,28)/t17-,18-. The van der Waals surface area contributed by atoms with Crippen LogP contribution in [0.4, 0.5) is 5.95 Å². The minimum atomic E-state index is -0.293. The second-order valence-corrected chi connectivity index (χ2v) is 8.63. The third kappa shape index (κ3) is 4.77. The zero-order chi connectivity index (χ0) is 22.5. The molecule has 8 nitrogen and oxygen atoms in total. The van der Waals surface area contributed by atoms with Crippen LogP contribution in [-0.4, -0.2) is 50.5 Å². The van der Waals surface area contributed by atoms with Crippen LogP contribution in [0.5, 0.6) is 0 Å². The van der Waals surface area contributed by atoms with Gasteiger partial charge in [-0.2, -0.15) is 4.98 Å². The summed E-state index contributed by atoms with van der Waals surface area (Å²) in [5.41, 5.74) is 1.60. The molecule has 8 heteroatoms. The summed E-state index contributed by atoms with van der Waals surface area (Å²) in [6.07, 6.45) is 6.51. The number of fused-ring (bicyclic) bond motifs is 3. The summed E-state index contributed by atoms with van der Waals surface area (Å²) >= 11 is 0. The molecule has 0 amide bonds. The lowest BCUT2D eigenvalue weighted by molar-refractivity contribution is 0.111. The van der Waals surface area contributed by atoms with E-state index in [-0.39, 0.29) is 24.3 Å². The second kappa shape index (κ2) is 10.4. The van der Waals surface area contributed by atoms with Gasteiger partial charge >= 0.3 is 0 Å². The molecule has 0 unspecified atom stereocenters. The molecule has 1 saturated carbocycles. The van der Waals surface area contributed by atoms with Gasteiger partial charge in [0.15, 0.2) is 0 Å². The monoisotopic (exact) mass is 439 g/mol. The van der Waals surface area contributed by atoms with Crippen molar-refractivity contribution in [2.75, 3.05) is 25.0 Å². The molecule has 32 heavy (non-hydrogen) atoms. The number of hydrogen-bond donors (Lipinski definition) is 4. The van der Waals surface area contributed by atoms with E-state index in [1.807, 2.05) is 29.0 Å².